The molecule has 2 rings (SSSR count). The van der Waals surface area contributed by atoms with Crippen LogP contribution >= 0.6 is 0 Å². The second-order valence-corrected chi connectivity index (χ2v) is 5.93. The Bertz CT molecular complexity index is 416. The minimum atomic E-state index is 0.123. The van der Waals surface area contributed by atoms with Crippen LogP contribution in [0.5, 0.6) is 0 Å². The molecule has 0 spiro atoms. The molecule has 2 N–H and O–H groups in total. The molecule has 4 nitrogen and oxygen atoms in total. The summed E-state index contributed by atoms with van der Waals surface area (Å²) in [5.74, 6) is 0. The number of nitrogens with two attached hydrogens (primary N) is 1. The molecule has 1 unspecified atom stereocenters. The largest absolute Gasteiger partial charge is 0.381 e. The van der Waals surface area contributed by atoms with Crippen LogP contribution < -0.4 is 5.73 Å². The number of ether oxygens (including phenoxy) is 1. The Morgan fingerprint density at radius 2 is 2.30 bits per heavy atom. The molecule has 1 atom stereocenters. The summed E-state index contributed by atoms with van der Waals surface area (Å²) in [6, 6.07) is 6.21. The molecule has 0 aromatic carbocycles. The van der Waals surface area contributed by atoms with Gasteiger partial charge in [-0.3, -0.25) is 9.88 Å². The highest BCUT2D eigenvalue weighted by molar-refractivity contribution is 5.09. The molecule has 0 saturated carbocycles. The third-order valence-electron chi connectivity index (χ3n) is 4.17. The summed E-state index contributed by atoms with van der Waals surface area (Å²) in [4.78, 5) is 7.03. The molecule has 112 valence electrons. The van der Waals surface area contributed by atoms with Gasteiger partial charge in [-0.2, -0.15) is 0 Å². The summed E-state index contributed by atoms with van der Waals surface area (Å²) in [6.45, 7) is 9.51. The number of nitrogens with zero attached hydrogens (tertiary/aromatic N) is 2. The van der Waals surface area contributed by atoms with E-state index in [0.717, 1.165) is 50.7 Å². The third kappa shape index (κ3) is 4.01. The molecule has 0 bridgehead atoms. The molecule has 2 heterocycles. The van der Waals surface area contributed by atoms with Crippen LogP contribution in [0.4, 0.5) is 0 Å². The van der Waals surface area contributed by atoms with Gasteiger partial charge in [0, 0.05) is 37.4 Å². The zero-order valence-corrected chi connectivity index (χ0v) is 12.8. The number of aromatic nitrogens is 1. The highest BCUT2D eigenvalue weighted by Gasteiger charge is 2.33. The molecule has 0 radical (unpaired) electrons. The fourth-order valence-corrected chi connectivity index (χ4v) is 2.93. The molecule has 1 saturated heterocycles. The van der Waals surface area contributed by atoms with Crippen LogP contribution in [0.3, 0.4) is 0 Å². The van der Waals surface area contributed by atoms with Crippen molar-refractivity contribution in [3.05, 3.63) is 29.6 Å². The van der Waals surface area contributed by atoms with Gasteiger partial charge in [0.25, 0.3) is 0 Å². The van der Waals surface area contributed by atoms with Gasteiger partial charge in [0.05, 0.1) is 12.3 Å². The Hall–Kier alpha value is -0.970. The molecule has 1 aromatic rings. The Labute approximate surface area is 122 Å². The van der Waals surface area contributed by atoms with Crippen LogP contribution in [-0.2, 0) is 11.3 Å². The lowest BCUT2D eigenvalue weighted by molar-refractivity contribution is -0.0225. The molecule has 1 fully saturated rings. The van der Waals surface area contributed by atoms with E-state index in [1.54, 1.807) is 0 Å². The zero-order chi connectivity index (χ0) is 14.4. The van der Waals surface area contributed by atoms with Gasteiger partial charge in [-0.15, -0.1) is 0 Å². The standard InChI is InChI=1S/C16H27N3O/c1-3-19(10-15-7-4-6-14(2)18-15)12-16(11-17)8-5-9-20-13-16/h4,6-7H,3,5,8-13,17H2,1-2H3. The highest BCUT2D eigenvalue weighted by atomic mass is 16.5. The molecule has 0 amide bonds. The first-order valence-corrected chi connectivity index (χ1v) is 7.60. The van der Waals surface area contributed by atoms with E-state index in [2.05, 4.69) is 28.9 Å². The van der Waals surface area contributed by atoms with E-state index in [1.165, 1.54) is 6.42 Å². The predicted octanol–water partition coefficient (Wildman–Crippen LogP) is 1.97. The lowest BCUT2D eigenvalue weighted by atomic mass is 9.82. The van der Waals surface area contributed by atoms with Crippen LogP contribution in [0.2, 0.25) is 0 Å². The monoisotopic (exact) mass is 277 g/mol. The summed E-state index contributed by atoms with van der Waals surface area (Å²) < 4.78 is 5.67. The van der Waals surface area contributed by atoms with Crippen molar-refractivity contribution in [1.82, 2.24) is 9.88 Å². The number of hydrogen-bond donors (Lipinski definition) is 1. The van der Waals surface area contributed by atoms with Crippen LogP contribution in [0.1, 0.15) is 31.2 Å². The first-order valence-electron chi connectivity index (χ1n) is 7.60. The quantitative estimate of drug-likeness (QED) is 0.863. The second kappa shape index (κ2) is 7.16. The Morgan fingerprint density at radius 1 is 1.45 bits per heavy atom. The van der Waals surface area contributed by atoms with E-state index in [-0.39, 0.29) is 5.41 Å². The average molecular weight is 277 g/mol. The van der Waals surface area contributed by atoms with Gasteiger partial charge in [0.2, 0.25) is 0 Å². The van der Waals surface area contributed by atoms with E-state index < -0.39 is 0 Å². The van der Waals surface area contributed by atoms with Crippen molar-refractivity contribution in [1.29, 1.82) is 0 Å². The van der Waals surface area contributed by atoms with Gasteiger partial charge in [0.1, 0.15) is 0 Å². The van der Waals surface area contributed by atoms with E-state index in [0.29, 0.717) is 6.54 Å². The number of pyridine rings is 1. The molecule has 4 heteroatoms. The summed E-state index contributed by atoms with van der Waals surface area (Å²) in [6.07, 6.45) is 2.29. The van der Waals surface area contributed by atoms with Gasteiger partial charge >= 0.3 is 0 Å². The smallest absolute Gasteiger partial charge is 0.0547 e. The summed E-state index contributed by atoms with van der Waals surface area (Å²) >= 11 is 0. The van der Waals surface area contributed by atoms with Crippen molar-refractivity contribution >= 4 is 0 Å². The summed E-state index contributed by atoms with van der Waals surface area (Å²) in [5, 5.41) is 0. The van der Waals surface area contributed by atoms with Crippen LogP contribution in [-0.4, -0.2) is 42.7 Å². The molecule has 0 aliphatic carbocycles. The Morgan fingerprint density at radius 3 is 2.90 bits per heavy atom. The van der Waals surface area contributed by atoms with Crippen molar-refractivity contribution in [2.24, 2.45) is 11.1 Å². The molecular weight excluding hydrogens is 250 g/mol. The maximum absolute atomic E-state index is 6.04. The molecule has 1 aliphatic rings. The first-order chi connectivity index (χ1) is 9.67. The third-order valence-corrected chi connectivity index (χ3v) is 4.17. The van der Waals surface area contributed by atoms with Gasteiger partial charge < -0.3 is 10.5 Å². The molecule has 20 heavy (non-hydrogen) atoms. The summed E-state index contributed by atoms with van der Waals surface area (Å²) in [5.41, 5.74) is 8.37. The molecular formula is C16H27N3O. The number of hydrogen-bond acceptors (Lipinski definition) is 4. The zero-order valence-electron chi connectivity index (χ0n) is 12.8. The maximum atomic E-state index is 6.04. The van der Waals surface area contributed by atoms with Gasteiger partial charge in [-0.25, -0.2) is 0 Å². The van der Waals surface area contributed by atoms with Crippen molar-refractivity contribution < 1.29 is 4.74 Å². The highest BCUT2D eigenvalue weighted by Crippen LogP contribution is 2.29. The topological polar surface area (TPSA) is 51.4 Å². The lowest BCUT2D eigenvalue weighted by Crippen LogP contribution is -2.47. The number of aryl methyl sites for hydroxylation is 1. The minimum Gasteiger partial charge on any atom is -0.381 e. The maximum Gasteiger partial charge on any atom is 0.0547 e. The van der Waals surface area contributed by atoms with Crippen LogP contribution in [0, 0.1) is 12.3 Å². The Kier molecular flexibility index (Phi) is 5.52. The Balaban J connectivity index is 2.00. The van der Waals surface area contributed by atoms with Crippen molar-refractivity contribution in [3.63, 3.8) is 0 Å². The van der Waals surface area contributed by atoms with E-state index >= 15 is 0 Å². The van der Waals surface area contributed by atoms with Crippen molar-refractivity contribution in [2.75, 3.05) is 32.8 Å². The fourth-order valence-electron chi connectivity index (χ4n) is 2.93. The predicted molar refractivity (Wildman–Crippen MR) is 81.5 cm³/mol. The van der Waals surface area contributed by atoms with E-state index in [1.807, 2.05) is 13.0 Å². The number of rotatable bonds is 6. The summed E-state index contributed by atoms with van der Waals surface area (Å²) in [7, 11) is 0. The fraction of sp³-hybridized carbons (Fsp3) is 0.688. The minimum absolute atomic E-state index is 0.123. The van der Waals surface area contributed by atoms with Gasteiger partial charge in [0.15, 0.2) is 0 Å². The molecule has 1 aromatic heterocycles. The van der Waals surface area contributed by atoms with Crippen molar-refractivity contribution in [2.45, 2.75) is 33.2 Å². The van der Waals surface area contributed by atoms with Crippen LogP contribution in [0.15, 0.2) is 18.2 Å². The lowest BCUT2D eigenvalue weighted by Gasteiger charge is -2.39. The first kappa shape index (κ1) is 15.4. The molecule has 1 aliphatic heterocycles. The SMILES string of the molecule is CCN(Cc1cccc(C)n1)CC1(CN)CCCOC1. The van der Waals surface area contributed by atoms with E-state index in [4.69, 9.17) is 10.5 Å². The van der Waals surface area contributed by atoms with E-state index in [9.17, 15) is 0 Å². The van der Waals surface area contributed by atoms with Crippen molar-refractivity contribution in [3.8, 4) is 0 Å². The van der Waals surface area contributed by atoms with Gasteiger partial charge in [-0.1, -0.05) is 13.0 Å². The second-order valence-electron chi connectivity index (χ2n) is 5.93. The average Bonchev–Trinajstić information content (AvgIpc) is 2.47. The normalized spacial score (nSPS) is 23.2. The van der Waals surface area contributed by atoms with Gasteiger partial charge in [-0.05, 0) is 38.4 Å². The van der Waals surface area contributed by atoms with Crippen LogP contribution in [0.25, 0.3) is 0 Å².